The standard InChI is InChI=1S/C11H24N2O/c12-10-8-6-4-2-1-3-5-7-9-11(13)14/h1-10,12H2,(H2,13,14). The van der Waals surface area contributed by atoms with Gasteiger partial charge in [-0.1, -0.05) is 38.5 Å². The maximum Gasteiger partial charge on any atom is 0.217 e. The van der Waals surface area contributed by atoms with Crippen LogP contribution in [0.15, 0.2) is 0 Å². The number of amides is 1. The van der Waals surface area contributed by atoms with Gasteiger partial charge in [-0.25, -0.2) is 0 Å². The molecule has 0 radical (unpaired) electrons. The van der Waals surface area contributed by atoms with Crippen LogP contribution in [0.5, 0.6) is 0 Å². The molecule has 0 aliphatic heterocycles. The van der Waals surface area contributed by atoms with Crippen LogP contribution in [-0.2, 0) is 4.79 Å². The highest BCUT2D eigenvalue weighted by atomic mass is 16.1. The van der Waals surface area contributed by atoms with E-state index in [0.717, 1.165) is 25.8 Å². The van der Waals surface area contributed by atoms with Crippen LogP contribution in [-0.4, -0.2) is 12.5 Å². The largest absolute Gasteiger partial charge is 0.370 e. The molecule has 3 heteroatoms. The molecular weight excluding hydrogens is 176 g/mol. The molecule has 4 N–H and O–H groups in total. The summed E-state index contributed by atoms with van der Waals surface area (Å²) in [5.74, 6) is -0.173. The van der Waals surface area contributed by atoms with Gasteiger partial charge in [0.15, 0.2) is 0 Å². The van der Waals surface area contributed by atoms with Crippen molar-refractivity contribution >= 4 is 5.91 Å². The van der Waals surface area contributed by atoms with E-state index in [1.165, 1.54) is 32.1 Å². The molecule has 0 saturated carbocycles. The van der Waals surface area contributed by atoms with Crippen molar-refractivity contribution in [3.05, 3.63) is 0 Å². The van der Waals surface area contributed by atoms with E-state index < -0.39 is 0 Å². The van der Waals surface area contributed by atoms with E-state index in [1.807, 2.05) is 0 Å². The Morgan fingerprint density at radius 3 is 1.64 bits per heavy atom. The van der Waals surface area contributed by atoms with Crippen LogP contribution in [0.4, 0.5) is 0 Å². The Morgan fingerprint density at radius 1 is 0.786 bits per heavy atom. The number of nitrogens with two attached hydrogens (primary N) is 2. The summed E-state index contributed by atoms with van der Waals surface area (Å²) < 4.78 is 0. The fraction of sp³-hybridized carbons (Fsp3) is 0.909. The Hall–Kier alpha value is -0.570. The smallest absolute Gasteiger partial charge is 0.217 e. The fourth-order valence-electron chi connectivity index (χ4n) is 1.50. The molecular formula is C11H24N2O. The molecule has 0 rings (SSSR count). The number of unbranched alkanes of at least 4 members (excludes halogenated alkanes) is 7. The molecule has 0 spiro atoms. The van der Waals surface area contributed by atoms with Gasteiger partial charge in [-0.3, -0.25) is 4.79 Å². The van der Waals surface area contributed by atoms with Crippen LogP contribution in [0.25, 0.3) is 0 Å². The van der Waals surface area contributed by atoms with Gasteiger partial charge in [-0.2, -0.15) is 0 Å². The highest BCUT2D eigenvalue weighted by Crippen LogP contribution is 2.08. The lowest BCUT2D eigenvalue weighted by molar-refractivity contribution is -0.118. The van der Waals surface area contributed by atoms with Gasteiger partial charge in [-0.05, 0) is 19.4 Å². The summed E-state index contributed by atoms with van der Waals surface area (Å²) in [6, 6.07) is 0. The summed E-state index contributed by atoms with van der Waals surface area (Å²) in [7, 11) is 0. The molecule has 0 aliphatic rings. The lowest BCUT2D eigenvalue weighted by Gasteiger charge is -2.00. The second-order valence-corrected chi connectivity index (χ2v) is 3.83. The van der Waals surface area contributed by atoms with Crippen LogP contribution in [0.3, 0.4) is 0 Å². The van der Waals surface area contributed by atoms with Crippen molar-refractivity contribution < 1.29 is 4.79 Å². The highest BCUT2D eigenvalue weighted by Gasteiger charge is 1.94. The Morgan fingerprint density at radius 2 is 1.21 bits per heavy atom. The average Bonchev–Trinajstić information content (AvgIpc) is 2.15. The van der Waals surface area contributed by atoms with E-state index in [-0.39, 0.29) is 5.91 Å². The molecule has 0 aromatic carbocycles. The second kappa shape index (κ2) is 10.5. The lowest BCUT2D eigenvalue weighted by atomic mass is 10.1. The predicted octanol–water partition coefficient (Wildman–Crippen LogP) is 1.94. The quantitative estimate of drug-likeness (QED) is 0.529. The molecule has 0 aromatic heterocycles. The average molecular weight is 200 g/mol. The van der Waals surface area contributed by atoms with Gasteiger partial charge in [0.05, 0.1) is 0 Å². The zero-order chi connectivity index (χ0) is 10.6. The Bertz CT molecular complexity index is 137. The minimum atomic E-state index is -0.173. The van der Waals surface area contributed by atoms with Crippen molar-refractivity contribution in [3.63, 3.8) is 0 Å². The van der Waals surface area contributed by atoms with Crippen molar-refractivity contribution in [1.82, 2.24) is 0 Å². The number of hydrogen-bond acceptors (Lipinski definition) is 2. The summed E-state index contributed by atoms with van der Waals surface area (Å²) in [6.07, 6.45) is 10.2. The van der Waals surface area contributed by atoms with Gasteiger partial charge in [0.25, 0.3) is 0 Å². The number of rotatable bonds is 10. The van der Waals surface area contributed by atoms with E-state index in [2.05, 4.69) is 0 Å². The van der Waals surface area contributed by atoms with Crippen molar-refractivity contribution in [3.8, 4) is 0 Å². The van der Waals surface area contributed by atoms with E-state index in [1.54, 1.807) is 0 Å². The zero-order valence-corrected chi connectivity index (χ0v) is 9.13. The first-order valence-electron chi connectivity index (χ1n) is 5.75. The number of carbonyl (C=O) groups is 1. The highest BCUT2D eigenvalue weighted by molar-refractivity contribution is 5.73. The van der Waals surface area contributed by atoms with Gasteiger partial charge in [0.2, 0.25) is 5.91 Å². The van der Waals surface area contributed by atoms with Crippen molar-refractivity contribution in [1.29, 1.82) is 0 Å². The second-order valence-electron chi connectivity index (χ2n) is 3.83. The number of carbonyl (C=O) groups excluding carboxylic acids is 1. The van der Waals surface area contributed by atoms with Crippen LogP contribution in [0.1, 0.15) is 57.8 Å². The Kier molecular flexibility index (Phi) is 10.1. The van der Waals surface area contributed by atoms with E-state index >= 15 is 0 Å². The summed E-state index contributed by atoms with van der Waals surface area (Å²) >= 11 is 0. The van der Waals surface area contributed by atoms with E-state index in [9.17, 15) is 4.79 Å². The number of hydrogen-bond donors (Lipinski definition) is 2. The Labute approximate surface area is 87.2 Å². The van der Waals surface area contributed by atoms with Gasteiger partial charge in [-0.15, -0.1) is 0 Å². The minimum Gasteiger partial charge on any atom is -0.370 e. The summed E-state index contributed by atoms with van der Waals surface area (Å²) in [4.78, 5) is 10.4. The third-order valence-electron chi connectivity index (χ3n) is 2.38. The third-order valence-corrected chi connectivity index (χ3v) is 2.38. The van der Waals surface area contributed by atoms with E-state index in [4.69, 9.17) is 11.5 Å². The zero-order valence-electron chi connectivity index (χ0n) is 9.13. The predicted molar refractivity (Wildman–Crippen MR) is 59.8 cm³/mol. The van der Waals surface area contributed by atoms with Gasteiger partial charge in [0, 0.05) is 6.42 Å². The topological polar surface area (TPSA) is 69.1 Å². The van der Waals surface area contributed by atoms with Crippen LogP contribution in [0.2, 0.25) is 0 Å². The molecule has 14 heavy (non-hydrogen) atoms. The van der Waals surface area contributed by atoms with Gasteiger partial charge >= 0.3 is 0 Å². The SMILES string of the molecule is NCCCCCCCCCCC(N)=O. The summed E-state index contributed by atoms with van der Waals surface area (Å²) in [5, 5.41) is 0. The molecule has 0 bridgehead atoms. The third kappa shape index (κ3) is 11.4. The molecule has 0 saturated heterocycles. The minimum absolute atomic E-state index is 0.173. The summed E-state index contributed by atoms with van der Waals surface area (Å²) in [5.41, 5.74) is 10.4. The van der Waals surface area contributed by atoms with Crippen molar-refractivity contribution in [2.45, 2.75) is 57.8 Å². The number of primary amides is 1. The first kappa shape index (κ1) is 13.4. The lowest BCUT2D eigenvalue weighted by Crippen LogP contribution is -2.09. The van der Waals surface area contributed by atoms with Crippen LogP contribution in [0, 0.1) is 0 Å². The van der Waals surface area contributed by atoms with Gasteiger partial charge < -0.3 is 11.5 Å². The maximum absolute atomic E-state index is 10.4. The first-order chi connectivity index (χ1) is 6.77. The monoisotopic (exact) mass is 200 g/mol. The van der Waals surface area contributed by atoms with Crippen LogP contribution < -0.4 is 11.5 Å². The Balaban J connectivity index is 2.88. The molecule has 0 unspecified atom stereocenters. The van der Waals surface area contributed by atoms with Crippen molar-refractivity contribution in [2.75, 3.05) is 6.54 Å². The van der Waals surface area contributed by atoms with Gasteiger partial charge in [0.1, 0.15) is 0 Å². The fourth-order valence-corrected chi connectivity index (χ4v) is 1.50. The maximum atomic E-state index is 10.4. The summed E-state index contributed by atoms with van der Waals surface area (Å²) in [6.45, 7) is 0.818. The molecule has 1 amide bonds. The normalized spacial score (nSPS) is 10.4. The van der Waals surface area contributed by atoms with E-state index in [0.29, 0.717) is 6.42 Å². The molecule has 3 nitrogen and oxygen atoms in total. The molecule has 0 fully saturated rings. The van der Waals surface area contributed by atoms with Crippen LogP contribution >= 0.6 is 0 Å². The molecule has 84 valence electrons. The molecule has 0 atom stereocenters. The molecule has 0 aliphatic carbocycles. The first-order valence-corrected chi connectivity index (χ1v) is 5.75. The molecule has 0 aromatic rings. The molecule has 0 heterocycles. The van der Waals surface area contributed by atoms with Crippen molar-refractivity contribution in [2.24, 2.45) is 11.5 Å².